The quantitative estimate of drug-likeness (QED) is 0.842. The second-order valence-electron chi connectivity index (χ2n) is 8.71. The van der Waals surface area contributed by atoms with Crippen molar-refractivity contribution in [2.24, 2.45) is 0 Å². The fourth-order valence-electron chi connectivity index (χ4n) is 3.39. The third-order valence-electron chi connectivity index (χ3n) is 4.65. The lowest BCUT2D eigenvalue weighted by Gasteiger charge is -2.20. The molecule has 0 aliphatic heterocycles. The molecule has 2 unspecified atom stereocenters. The van der Waals surface area contributed by atoms with Crippen molar-refractivity contribution in [2.45, 2.75) is 76.9 Å². The number of nitrogen functional groups attached to an aromatic ring is 1. The van der Waals surface area contributed by atoms with Crippen molar-refractivity contribution in [2.75, 3.05) is 5.73 Å². The zero-order valence-corrected chi connectivity index (χ0v) is 16.5. The van der Waals surface area contributed by atoms with Gasteiger partial charge in [-0.1, -0.05) is 0 Å². The van der Waals surface area contributed by atoms with Crippen LogP contribution >= 0.6 is 0 Å². The zero-order valence-electron chi connectivity index (χ0n) is 16.5. The van der Waals surface area contributed by atoms with Gasteiger partial charge in [0.15, 0.2) is 11.7 Å². The number of anilines is 1. The number of oxazole rings is 1. The molecular weight excluding hydrogens is 348 g/mol. The van der Waals surface area contributed by atoms with Crippen LogP contribution in [-0.2, 0) is 10.3 Å². The van der Waals surface area contributed by atoms with Gasteiger partial charge < -0.3 is 20.0 Å². The molecule has 0 radical (unpaired) electrons. The Balaban J connectivity index is 1.78. The Bertz CT molecular complexity index is 826. The van der Waals surface area contributed by atoms with Crippen molar-refractivity contribution in [3.05, 3.63) is 29.6 Å². The predicted octanol–water partition coefficient (Wildman–Crippen LogP) is 3.52. The maximum Gasteiger partial charge on any atom is 0.435 e. The minimum absolute atomic E-state index is 0.102. The van der Waals surface area contributed by atoms with Gasteiger partial charge >= 0.3 is 6.09 Å². The van der Waals surface area contributed by atoms with Gasteiger partial charge in [-0.05, 0) is 53.9 Å². The number of hydrogen-bond acceptors (Lipinski definition) is 7. The lowest BCUT2D eigenvalue weighted by Crippen LogP contribution is -2.29. The molecule has 2 aromatic rings. The first-order valence-electron chi connectivity index (χ1n) is 9.21. The van der Waals surface area contributed by atoms with Gasteiger partial charge in [0.05, 0.1) is 11.9 Å². The van der Waals surface area contributed by atoms with E-state index in [1.54, 1.807) is 26.1 Å². The molecule has 148 valence electrons. The molecule has 1 aliphatic rings. The van der Waals surface area contributed by atoms with Crippen molar-refractivity contribution in [3.8, 4) is 0 Å². The largest absolute Gasteiger partial charge is 0.442 e. The molecule has 1 saturated carbocycles. The Morgan fingerprint density at radius 1 is 1.30 bits per heavy atom. The third-order valence-corrected chi connectivity index (χ3v) is 4.65. The summed E-state index contributed by atoms with van der Waals surface area (Å²) in [5.74, 6) is 1.58. The molecule has 1 fully saturated rings. The van der Waals surface area contributed by atoms with E-state index in [1.807, 2.05) is 20.8 Å². The fraction of sp³-hybridized carbons (Fsp3) is 0.632. The standard InChI is InChI=1S/C19H28N4O4/c1-18(2,3)27-17(24)23-13(9-15(20)22-23)11-6-7-12(8-11)16-21-10-14(26-16)19(4,5)25/h9-12,25H,6-8H2,1-5H3,(H2,20,22). The number of aromatic nitrogens is 3. The van der Waals surface area contributed by atoms with E-state index in [9.17, 15) is 9.90 Å². The summed E-state index contributed by atoms with van der Waals surface area (Å²) >= 11 is 0. The summed E-state index contributed by atoms with van der Waals surface area (Å²) in [5, 5.41) is 14.2. The average molecular weight is 376 g/mol. The Hall–Kier alpha value is -2.35. The Morgan fingerprint density at radius 2 is 1.96 bits per heavy atom. The second kappa shape index (κ2) is 6.67. The van der Waals surface area contributed by atoms with E-state index in [0.717, 1.165) is 25.0 Å². The highest BCUT2D eigenvalue weighted by atomic mass is 16.6. The summed E-state index contributed by atoms with van der Waals surface area (Å²) in [6.45, 7) is 8.76. The number of ether oxygens (including phenoxy) is 1. The minimum Gasteiger partial charge on any atom is -0.442 e. The van der Waals surface area contributed by atoms with Gasteiger partial charge in [-0.2, -0.15) is 4.68 Å². The van der Waals surface area contributed by atoms with Gasteiger partial charge in [-0.3, -0.25) is 0 Å². The molecule has 3 rings (SSSR count). The average Bonchev–Trinajstić information content (AvgIpc) is 3.22. The van der Waals surface area contributed by atoms with Crippen molar-refractivity contribution in [1.82, 2.24) is 14.8 Å². The summed E-state index contributed by atoms with van der Waals surface area (Å²) in [6.07, 6.45) is 3.54. The molecule has 0 spiro atoms. The van der Waals surface area contributed by atoms with Gasteiger partial charge in [0.25, 0.3) is 0 Å². The highest BCUT2D eigenvalue weighted by Crippen LogP contribution is 2.44. The summed E-state index contributed by atoms with van der Waals surface area (Å²) in [5.41, 5.74) is 4.92. The summed E-state index contributed by atoms with van der Waals surface area (Å²) in [4.78, 5) is 16.8. The van der Waals surface area contributed by atoms with Crippen LogP contribution in [0.4, 0.5) is 10.6 Å². The molecule has 3 N–H and O–H groups in total. The van der Waals surface area contributed by atoms with Crippen LogP contribution in [0.25, 0.3) is 0 Å². The molecule has 2 atom stereocenters. The fourth-order valence-corrected chi connectivity index (χ4v) is 3.39. The van der Waals surface area contributed by atoms with Crippen molar-refractivity contribution < 1.29 is 19.1 Å². The number of nitrogens with two attached hydrogens (primary N) is 1. The Morgan fingerprint density at radius 3 is 2.56 bits per heavy atom. The topological polar surface area (TPSA) is 116 Å². The van der Waals surface area contributed by atoms with Gasteiger partial charge in [0.1, 0.15) is 17.0 Å². The molecule has 2 aromatic heterocycles. The number of hydrogen-bond donors (Lipinski definition) is 2. The molecule has 0 amide bonds. The first kappa shape index (κ1) is 19.4. The van der Waals surface area contributed by atoms with E-state index < -0.39 is 17.3 Å². The van der Waals surface area contributed by atoms with Gasteiger partial charge in [0, 0.05) is 17.9 Å². The van der Waals surface area contributed by atoms with E-state index in [-0.39, 0.29) is 11.8 Å². The van der Waals surface area contributed by atoms with E-state index in [4.69, 9.17) is 14.9 Å². The monoisotopic (exact) mass is 376 g/mol. The summed E-state index contributed by atoms with van der Waals surface area (Å²) < 4.78 is 12.5. The van der Waals surface area contributed by atoms with Crippen molar-refractivity contribution >= 4 is 11.9 Å². The predicted molar refractivity (Wildman–Crippen MR) is 99.4 cm³/mol. The Kier molecular flexibility index (Phi) is 4.80. The number of nitrogens with zero attached hydrogens (tertiary/aromatic N) is 3. The molecule has 27 heavy (non-hydrogen) atoms. The summed E-state index contributed by atoms with van der Waals surface area (Å²) in [7, 11) is 0. The summed E-state index contributed by atoms with van der Waals surface area (Å²) in [6, 6.07) is 1.73. The molecule has 1 aliphatic carbocycles. The van der Waals surface area contributed by atoms with Gasteiger partial charge in [0.2, 0.25) is 0 Å². The number of carbonyl (C=O) groups is 1. The maximum atomic E-state index is 12.5. The second-order valence-corrected chi connectivity index (χ2v) is 8.71. The molecule has 0 saturated heterocycles. The molecule has 0 bridgehead atoms. The number of carbonyl (C=O) groups excluding carboxylic acids is 1. The molecule has 8 nitrogen and oxygen atoms in total. The van der Waals surface area contributed by atoms with Crippen LogP contribution in [0.1, 0.15) is 83.1 Å². The van der Waals surface area contributed by atoms with Gasteiger partial charge in [-0.15, -0.1) is 5.10 Å². The van der Waals surface area contributed by atoms with Crippen LogP contribution in [0.3, 0.4) is 0 Å². The highest BCUT2D eigenvalue weighted by molar-refractivity contribution is 5.71. The lowest BCUT2D eigenvalue weighted by atomic mass is 10.0. The van der Waals surface area contributed by atoms with Gasteiger partial charge in [-0.25, -0.2) is 9.78 Å². The number of rotatable bonds is 3. The highest BCUT2D eigenvalue weighted by Gasteiger charge is 2.35. The normalized spacial score (nSPS) is 20.8. The van der Waals surface area contributed by atoms with Crippen LogP contribution in [0, 0.1) is 0 Å². The van der Waals surface area contributed by atoms with E-state index in [0.29, 0.717) is 17.5 Å². The maximum absolute atomic E-state index is 12.5. The zero-order chi connectivity index (χ0) is 20.0. The third kappa shape index (κ3) is 4.32. The van der Waals surface area contributed by atoms with Crippen molar-refractivity contribution in [3.63, 3.8) is 0 Å². The van der Waals surface area contributed by atoms with Crippen LogP contribution in [0.2, 0.25) is 0 Å². The van der Waals surface area contributed by atoms with E-state index >= 15 is 0 Å². The van der Waals surface area contributed by atoms with Crippen LogP contribution in [0.15, 0.2) is 16.7 Å². The Labute approximate surface area is 158 Å². The first-order chi connectivity index (χ1) is 12.4. The van der Waals surface area contributed by atoms with E-state index in [2.05, 4.69) is 10.1 Å². The minimum atomic E-state index is -1.06. The molecular formula is C19H28N4O4. The SMILES string of the molecule is CC(C)(C)OC(=O)n1nc(N)cc1C1CCC(c2ncc(C(C)(C)O)o2)C1. The van der Waals surface area contributed by atoms with Crippen molar-refractivity contribution in [1.29, 1.82) is 0 Å². The molecule has 2 heterocycles. The number of aliphatic hydroxyl groups is 1. The lowest BCUT2D eigenvalue weighted by molar-refractivity contribution is 0.0504. The molecule has 8 heteroatoms. The smallest absolute Gasteiger partial charge is 0.435 e. The van der Waals surface area contributed by atoms with E-state index in [1.165, 1.54) is 4.68 Å². The molecule has 0 aromatic carbocycles. The van der Waals surface area contributed by atoms with Crippen LogP contribution in [0.5, 0.6) is 0 Å². The first-order valence-corrected chi connectivity index (χ1v) is 9.21. The van der Waals surface area contributed by atoms with Crippen LogP contribution < -0.4 is 5.73 Å². The van der Waals surface area contributed by atoms with Crippen LogP contribution in [-0.4, -0.2) is 31.6 Å².